The maximum atomic E-state index is 12.2. The lowest BCUT2D eigenvalue weighted by Crippen LogP contribution is -2.03. The number of hydrogen-bond acceptors (Lipinski definition) is 4. The van der Waals surface area contributed by atoms with E-state index >= 15 is 0 Å². The number of pyridine rings is 1. The summed E-state index contributed by atoms with van der Waals surface area (Å²) < 4.78 is 24.4. The van der Waals surface area contributed by atoms with Crippen molar-refractivity contribution in [1.29, 1.82) is 0 Å². The lowest BCUT2D eigenvalue weighted by atomic mass is 10.2. The number of nitro groups is 1. The molecule has 0 aliphatic heterocycles. The van der Waals surface area contributed by atoms with E-state index in [9.17, 15) is 23.7 Å². The molecule has 1 heterocycles. The zero-order valence-electron chi connectivity index (χ0n) is 7.05. The van der Waals surface area contributed by atoms with Crippen molar-refractivity contribution >= 4 is 11.8 Å². The molecule has 0 aliphatic rings. The molecule has 0 aromatic carbocycles. The summed E-state index contributed by atoms with van der Waals surface area (Å²) in [5, 5.41) is 18.8. The van der Waals surface area contributed by atoms with Crippen LogP contribution >= 0.6 is 0 Å². The highest BCUT2D eigenvalue weighted by Crippen LogP contribution is 2.21. The zero-order valence-corrected chi connectivity index (χ0v) is 7.05. The summed E-state index contributed by atoms with van der Waals surface area (Å²) in [6.45, 7) is 0. The van der Waals surface area contributed by atoms with E-state index in [0.29, 0.717) is 12.1 Å². The van der Waals surface area contributed by atoms with Gasteiger partial charge in [0.15, 0.2) is 0 Å². The summed E-state index contributed by atoms with van der Waals surface area (Å²) in [7, 11) is 0. The fourth-order valence-electron chi connectivity index (χ4n) is 0.866. The summed E-state index contributed by atoms with van der Waals surface area (Å²) in [6.07, 6.45) is -3.05. The Kier molecular flexibility index (Phi) is 2.88. The molecule has 1 N–H and O–H groups in total. The highest BCUT2D eigenvalue weighted by Gasteiger charge is 2.22. The minimum absolute atomic E-state index is 0.591. The topological polar surface area (TPSA) is 93.3 Å². The van der Waals surface area contributed by atoms with Crippen molar-refractivity contribution in [2.24, 2.45) is 0 Å². The van der Waals surface area contributed by atoms with Crippen LogP contribution in [0.25, 0.3) is 0 Å². The molecule has 0 saturated heterocycles. The molecule has 0 spiro atoms. The van der Waals surface area contributed by atoms with Gasteiger partial charge in [0.2, 0.25) is 5.69 Å². The Balaban J connectivity index is 3.32. The van der Waals surface area contributed by atoms with Crippen LogP contribution in [0.1, 0.15) is 22.5 Å². The van der Waals surface area contributed by atoms with Gasteiger partial charge >= 0.3 is 18.2 Å². The predicted octanol–water partition coefficient (Wildman–Crippen LogP) is 1.63. The summed E-state index contributed by atoms with van der Waals surface area (Å²) >= 11 is 0. The predicted molar refractivity (Wildman–Crippen MR) is 42.8 cm³/mol. The first-order valence-electron chi connectivity index (χ1n) is 3.59. The number of carbonyl (C=O) groups is 1. The number of nitrogens with zero attached hydrogens (tertiary/aromatic N) is 2. The lowest BCUT2D eigenvalue weighted by molar-refractivity contribution is -0.389. The van der Waals surface area contributed by atoms with Gasteiger partial charge in [0, 0.05) is 6.07 Å². The molecule has 80 valence electrons. The van der Waals surface area contributed by atoms with Gasteiger partial charge in [-0.1, -0.05) is 0 Å². The molecule has 6 nitrogen and oxygen atoms in total. The third-order valence-corrected chi connectivity index (χ3v) is 1.49. The zero-order chi connectivity index (χ0) is 11.6. The van der Waals surface area contributed by atoms with Gasteiger partial charge in [0.05, 0.1) is 11.6 Å². The number of carboxylic acid groups (broad SMARTS) is 1. The summed E-state index contributed by atoms with van der Waals surface area (Å²) in [5.41, 5.74) is -1.52. The molecule has 0 amide bonds. The third-order valence-electron chi connectivity index (χ3n) is 1.49. The maximum absolute atomic E-state index is 12.2. The summed E-state index contributed by atoms with van der Waals surface area (Å²) in [6, 6.07) is 1.22. The molecule has 1 aromatic heterocycles. The minimum atomic E-state index is -3.05. The van der Waals surface area contributed by atoms with Crippen molar-refractivity contribution in [2.75, 3.05) is 0 Å². The standard InChI is InChI=1S/C7H4F2N2O4/c8-6(9)4-1-3(7(12)13)2-5(10-4)11(14)15/h1-2,6H,(H,12,13). The van der Waals surface area contributed by atoms with E-state index in [2.05, 4.69) is 4.98 Å². The van der Waals surface area contributed by atoms with Crippen LogP contribution < -0.4 is 0 Å². The van der Waals surface area contributed by atoms with E-state index in [1.54, 1.807) is 0 Å². The van der Waals surface area contributed by atoms with Gasteiger partial charge in [-0.2, -0.15) is 0 Å². The Morgan fingerprint density at radius 2 is 2.13 bits per heavy atom. The van der Waals surface area contributed by atoms with E-state index in [1.807, 2.05) is 0 Å². The summed E-state index contributed by atoms with van der Waals surface area (Å²) in [5.74, 6) is -2.44. The van der Waals surface area contributed by atoms with Crippen LogP contribution in [0.4, 0.5) is 14.6 Å². The van der Waals surface area contributed by atoms with E-state index in [0.717, 1.165) is 0 Å². The fraction of sp³-hybridized carbons (Fsp3) is 0.143. The molecule has 0 aliphatic carbocycles. The molecule has 0 unspecified atom stereocenters. The van der Waals surface area contributed by atoms with Crippen molar-refractivity contribution in [2.45, 2.75) is 6.43 Å². The van der Waals surface area contributed by atoms with Crippen molar-refractivity contribution in [3.8, 4) is 0 Å². The molecule has 1 rings (SSSR count). The van der Waals surface area contributed by atoms with Gasteiger partial charge in [0.25, 0.3) is 0 Å². The second kappa shape index (κ2) is 3.95. The van der Waals surface area contributed by atoms with Crippen LogP contribution in [0.2, 0.25) is 0 Å². The second-order valence-electron chi connectivity index (χ2n) is 2.50. The SMILES string of the molecule is O=C(O)c1cc(C(F)F)nc([N+](=O)[O-])c1. The van der Waals surface area contributed by atoms with Crippen molar-refractivity contribution in [1.82, 2.24) is 4.98 Å². The van der Waals surface area contributed by atoms with Crippen molar-refractivity contribution in [3.05, 3.63) is 33.5 Å². The largest absolute Gasteiger partial charge is 0.478 e. The Morgan fingerprint density at radius 1 is 1.53 bits per heavy atom. The molecule has 0 atom stereocenters. The average molecular weight is 218 g/mol. The lowest BCUT2D eigenvalue weighted by Gasteiger charge is -1.98. The minimum Gasteiger partial charge on any atom is -0.478 e. The van der Waals surface area contributed by atoms with Gasteiger partial charge < -0.3 is 15.2 Å². The van der Waals surface area contributed by atoms with Crippen LogP contribution in [0.3, 0.4) is 0 Å². The highest BCUT2D eigenvalue weighted by molar-refractivity contribution is 5.88. The van der Waals surface area contributed by atoms with E-state index in [4.69, 9.17) is 5.11 Å². The smallest absolute Gasteiger partial charge is 0.364 e. The fourth-order valence-corrected chi connectivity index (χ4v) is 0.866. The Hall–Kier alpha value is -2.12. The maximum Gasteiger partial charge on any atom is 0.364 e. The van der Waals surface area contributed by atoms with E-state index in [-0.39, 0.29) is 0 Å². The second-order valence-corrected chi connectivity index (χ2v) is 2.50. The first kappa shape index (κ1) is 11.0. The molecular formula is C7H4F2N2O4. The molecule has 0 bridgehead atoms. The number of halogens is 2. The number of rotatable bonds is 3. The molecule has 0 radical (unpaired) electrons. The van der Waals surface area contributed by atoms with E-state index < -0.39 is 34.4 Å². The van der Waals surface area contributed by atoms with Crippen LogP contribution in [0.5, 0.6) is 0 Å². The summed E-state index contributed by atoms with van der Waals surface area (Å²) in [4.78, 5) is 22.7. The molecule has 8 heteroatoms. The first-order valence-corrected chi connectivity index (χ1v) is 3.59. The van der Waals surface area contributed by atoms with Gasteiger partial charge in [-0.3, -0.25) is 0 Å². The van der Waals surface area contributed by atoms with Crippen molar-refractivity contribution < 1.29 is 23.6 Å². The highest BCUT2D eigenvalue weighted by atomic mass is 19.3. The van der Waals surface area contributed by atoms with Gasteiger partial charge in [0.1, 0.15) is 0 Å². The molecule has 15 heavy (non-hydrogen) atoms. The van der Waals surface area contributed by atoms with Gasteiger partial charge in [-0.15, -0.1) is 0 Å². The number of alkyl halides is 2. The quantitative estimate of drug-likeness (QED) is 0.614. The van der Waals surface area contributed by atoms with E-state index in [1.165, 1.54) is 0 Å². The third kappa shape index (κ3) is 2.42. The van der Waals surface area contributed by atoms with Crippen molar-refractivity contribution in [3.63, 3.8) is 0 Å². The Bertz CT molecular complexity index is 389. The van der Waals surface area contributed by atoms with Crippen LogP contribution in [0, 0.1) is 10.1 Å². The Morgan fingerprint density at radius 3 is 2.53 bits per heavy atom. The number of carboxylic acids is 1. The van der Waals surface area contributed by atoms with Crippen LogP contribution in [0.15, 0.2) is 12.1 Å². The van der Waals surface area contributed by atoms with Gasteiger partial charge in [-0.05, 0) is 9.91 Å². The normalized spacial score (nSPS) is 10.3. The molecular weight excluding hydrogens is 214 g/mol. The monoisotopic (exact) mass is 218 g/mol. The number of aromatic nitrogens is 1. The van der Waals surface area contributed by atoms with Crippen LogP contribution in [-0.4, -0.2) is 21.0 Å². The average Bonchev–Trinajstić information content (AvgIpc) is 2.16. The number of aromatic carboxylic acids is 1. The number of hydrogen-bond donors (Lipinski definition) is 1. The molecule has 0 fully saturated rings. The molecule has 0 saturated carbocycles. The van der Waals surface area contributed by atoms with Crippen LogP contribution in [-0.2, 0) is 0 Å². The Labute approximate surface area is 81.3 Å². The van der Waals surface area contributed by atoms with Gasteiger partial charge in [-0.25, -0.2) is 13.6 Å². The molecule has 1 aromatic rings. The first-order chi connectivity index (χ1) is 6.91.